The van der Waals surface area contributed by atoms with Gasteiger partial charge in [-0.1, -0.05) is 17.5 Å². The van der Waals surface area contributed by atoms with E-state index in [4.69, 9.17) is 18.0 Å². The van der Waals surface area contributed by atoms with Gasteiger partial charge in [0.25, 0.3) is 0 Å². The van der Waals surface area contributed by atoms with E-state index in [9.17, 15) is 8.42 Å². The molecule has 0 spiro atoms. The van der Waals surface area contributed by atoms with Crippen molar-refractivity contribution in [2.75, 3.05) is 22.8 Å². The molecule has 16 heavy (non-hydrogen) atoms. The van der Waals surface area contributed by atoms with Gasteiger partial charge in [0.1, 0.15) is 0 Å². The molecule has 6 heteroatoms. The summed E-state index contributed by atoms with van der Waals surface area (Å²) in [4.78, 5) is 0. The predicted octanol–water partition coefficient (Wildman–Crippen LogP) is 1.76. The van der Waals surface area contributed by atoms with E-state index in [0.29, 0.717) is 17.3 Å². The van der Waals surface area contributed by atoms with Gasteiger partial charge in [0.15, 0.2) is 0 Å². The van der Waals surface area contributed by atoms with Crippen molar-refractivity contribution in [3.63, 3.8) is 0 Å². The molecule has 0 bridgehead atoms. The lowest BCUT2D eigenvalue weighted by atomic mass is 10.3. The maximum Gasteiger partial charge on any atom is 0.229 e. The highest BCUT2D eigenvalue weighted by atomic mass is 35.5. The van der Waals surface area contributed by atoms with Crippen molar-refractivity contribution in [1.82, 2.24) is 0 Å². The number of halogens is 1. The number of terminal acetylenes is 1. The van der Waals surface area contributed by atoms with Crippen LogP contribution in [0.1, 0.15) is 0 Å². The van der Waals surface area contributed by atoms with Crippen LogP contribution in [0.2, 0.25) is 5.02 Å². The number of sulfonamides is 1. The number of nitrogens with one attached hydrogen (secondary N) is 2. The molecule has 0 aliphatic carbocycles. The second kappa shape index (κ2) is 5.10. The largest absolute Gasteiger partial charge is 0.374 e. The lowest BCUT2D eigenvalue weighted by Gasteiger charge is -2.08. The third kappa shape index (κ3) is 4.01. The lowest BCUT2D eigenvalue weighted by Crippen LogP contribution is -2.10. The van der Waals surface area contributed by atoms with Crippen LogP contribution in [0.3, 0.4) is 0 Å². The Morgan fingerprint density at radius 2 is 2.19 bits per heavy atom. The zero-order valence-corrected chi connectivity index (χ0v) is 10.2. The first-order chi connectivity index (χ1) is 7.42. The van der Waals surface area contributed by atoms with Gasteiger partial charge in [-0.3, -0.25) is 4.72 Å². The van der Waals surface area contributed by atoms with Crippen LogP contribution < -0.4 is 10.0 Å². The molecule has 0 saturated heterocycles. The van der Waals surface area contributed by atoms with Crippen LogP contribution in [0.5, 0.6) is 0 Å². The molecular formula is C10H11ClN2O2S. The molecule has 0 fully saturated rings. The summed E-state index contributed by atoms with van der Waals surface area (Å²) in [5.74, 6) is 2.42. The Balaban J connectivity index is 2.88. The maximum absolute atomic E-state index is 11.0. The summed E-state index contributed by atoms with van der Waals surface area (Å²) in [5, 5.41) is 3.24. The van der Waals surface area contributed by atoms with E-state index in [0.717, 1.165) is 11.9 Å². The van der Waals surface area contributed by atoms with Gasteiger partial charge < -0.3 is 5.32 Å². The van der Waals surface area contributed by atoms with Crippen molar-refractivity contribution in [2.45, 2.75) is 0 Å². The smallest absolute Gasteiger partial charge is 0.229 e. The number of hydrogen-bond acceptors (Lipinski definition) is 3. The summed E-state index contributed by atoms with van der Waals surface area (Å²) in [6, 6.07) is 4.87. The van der Waals surface area contributed by atoms with Gasteiger partial charge in [-0.25, -0.2) is 8.42 Å². The summed E-state index contributed by atoms with van der Waals surface area (Å²) in [5.41, 5.74) is 1.08. The molecule has 2 N–H and O–H groups in total. The van der Waals surface area contributed by atoms with Gasteiger partial charge in [-0.2, -0.15) is 0 Å². The summed E-state index contributed by atoms with van der Waals surface area (Å²) < 4.78 is 24.3. The van der Waals surface area contributed by atoms with Gasteiger partial charge in [-0.15, -0.1) is 6.42 Å². The highest BCUT2D eigenvalue weighted by Gasteiger charge is 2.06. The average Bonchev–Trinajstić information content (AvgIpc) is 2.17. The van der Waals surface area contributed by atoms with Crippen molar-refractivity contribution < 1.29 is 8.42 Å². The minimum Gasteiger partial charge on any atom is -0.374 e. The molecule has 1 aromatic carbocycles. The maximum atomic E-state index is 11.0. The van der Waals surface area contributed by atoms with Crippen molar-refractivity contribution >= 4 is 33.0 Å². The summed E-state index contributed by atoms with van der Waals surface area (Å²) >= 11 is 5.90. The van der Waals surface area contributed by atoms with Gasteiger partial charge in [0.2, 0.25) is 10.0 Å². The molecule has 0 radical (unpaired) electrons. The van der Waals surface area contributed by atoms with Crippen LogP contribution in [0.15, 0.2) is 18.2 Å². The van der Waals surface area contributed by atoms with Gasteiger partial charge >= 0.3 is 0 Å². The molecule has 0 unspecified atom stereocenters. The second-order valence-corrected chi connectivity index (χ2v) is 5.28. The monoisotopic (exact) mass is 258 g/mol. The molecule has 0 heterocycles. The summed E-state index contributed by atoms with van der Waals surface area (Å²) in [6.45, 7) is 0.384. The Hall–Kier alpha value is -1.38. The van der Waals surface area contributed by atoms with E-state index in [1.165, 1.54) is 0 Å². The van der Waals surface area contributed by atoms with E-state index >= 15 is 0 Å². The molecule has 0 aliphatic heterocycles. The van der Waals surface area contributed by atoms with Gasteiger partial charge in [-0.05, 0) is 18.2 Å². The van der Waals surface area contributed by atoms with Crippen LogP contribution >= 0.6 is 11.6 Å². The topological polar surface area (TPSA) is 58.2 Å². The van der Waals surface area contributed by atoms with Crippen LogP contribution in [0, 0.1) is 12.3 Å². The normalized spacial score (nSPS) is 10.6. The Labute approximate surface area is 100 Å². The van der Waals surface area contributed by atoms with E-state index in [-0.39, 0.29) is 0 Å². The molecule has 4 nitrogen and oxygen atoms in total. The van der Waals surface area contributed by atoms with Crippen molar-refractivity contribution in [3.05, 3.63) is 23.2 Å². The quantitative estimate of drug-likeness (QED) is 0.809. The molecule has 0 saturated carbocycles. The fourth-order valence-electron chi connectivity index (χ4n) is 1.06. The van der Waals surface area contributed by atoms with E-state index < -0.39 is 10.0 Å². The Kier molecular flexibility index (Phi) is 4.05. The van der Waals surface area contributed by atoms with Gasteiger partial charge in [0, 0.05) is 5.69 Å². The summed E-state index contributed by atoms with van der Waals surface area (Å²) in [6.07, 6.45) is 6.15. The first-order valence-electron chi connectivity index (χ1n) is 4.37. The van der Waals surface area contributed by atoms with E-state index in [1.54, 1.807) is 18.2 Å². The highest BCUT2D eigenvalue weighted by molar-refractivity contribution is 7.92. The Morgan fingerprint density at radius 3 is 2.69 bits per heavy atom. The number of rotatable bonds is 4. The molecule has 1 rings (SSSR count). The molecular weight excluding hydrogens is 248 g/mol. The van der Waals surface area contributed by atoms with Crippen molar-refractivity contribution in [3.8, 4) is 12.3 Å². The molecule has 86 valence electrons. The van der Waals surface area contributed by atoms with Crippen LogP contribution in [0.4, 0.5) is 11.4 Å². The zero-order valence-electron chi connectivity index (χ0n) is 8.62. The van der Waals surface area contributed by atoms with Crippen LogP contribution in [0.25, 0.3) is 0 Å². The van der Waals surface area contributed by atoms with Crippen LogP contribution in [-0.4, -0.2) is 21.2 Å². The van der Waals surface area contributed by atoms with Gasteiger partial charge in [0.05, 0.1) is 23.5 Å². The minimum absolute atomic E-state index is 0.312. The third-order valence-corrected chi connectivity index (χ3v) is 2.56. The average molecular weight is 259 g/mol. The molecule has 0 aromatic heterocycles. The number of anilines is 2. The fourth-order valence-corrected chi connectivity index (χ4v) is 1.92. The molecule has 1 aromatic rings. The Bertz CT molecular complexity index is 520. The highest BCUT2D eigenvalue weighted by Crippen LogP contribution is 2.25. The van der Waals surface area contributed by atoms with Crippen molar-refractivity contribution in [1.29, 1.82) is 0 Å². The Morgan fingerprint density at radius 1 is 1.50 bits per heavy atom. The SMILES string of the molecule is C#CCNc1ccc(NS(C)(=O)=O)c(Cl)c1. The first kappa shape index (κ1) is 12.7. The number of benzene rings is 1. The predicted molar refractivity (Wildman–Crippen MR) is 67.2 cm³/mol. The van der Waals surface area contributed by atoms with Crippen LogP contribution in [-0.2, 0) is 10.0 Å². The lowest BCUT2D eigenvalue weighted by molar-refractivity contribution is 0.607. The van der Waals surface area contributed by atoms with E-state index in [1.807, 2.05) is 0 Å². The zero-order chi connectivity index (χ0) is 12.2. The fraction of sp³-hybridized carbons (Fsp3) is 0.200. The standard InChI is InChI=1S/C10H11ClN2O2S/c1-3-6-12-8-4-5-10(9(11)7-8)13-16(2,14)15/h1,4-5,7,12-13H,6H2,2H3. The van der Waals surface area contributed by atoms with Crippen molar-refractivity contribution in [2.24, 2.45) is 0 Å². The molecule has 0 amide bonds. The molecule has 0 atom stereocenters. The summed E-state index contributed by atoms with van der Waals surface area (Å²) in [7, 11) is -3.32. The second-order valence-electron chi connectivity index (χ2n) is 3.13. The number of hydrogen-bond donors (Lipinski definition) is 2. The van der Waals surface area contributed by atoms with E-state index in [2.05, 4.69) is 16.0 Å². The first-order valence-corrected chi connectivity index (χ1v) is 6.64. The minimum atomic E-state index is -3.32. The molecule has 0 aliphatic rings. The third-order valence-electron chi connectivity index (χ3n) is 1.66.